The summed E-state index contributed by atoms with van der Waals surface area (Å²) in [7, 11) is 0. The van der Waals surface area contributed by atoms with E-state index in [-0.39, 0.29) is 5.78 Å². The SMILES string of the molecule is C=CC(O)N(c1ccc(C(=O)c2ccc(N(C(O)C=C)C(O)C=C)cc2)cc1)C(O)C=C. The first kappa shape index (κ1) is 24.8. The Morgan fingerprint density at radius 1 is 0.594 bits per heavy atom. The van der Waals surface area contributed by atoms with Gasteiger partial charge in [-0.1, -0.05) is 26.3 Å². The number of carbonyl (C=O) groups is 1. The second-order valence-electron chi connectivity index (χ2n) is 6.83. The first-order valence-electron chi connectivity index (χ1n) is 9.83. The van der Waals surface area contributed by atoms with Gasteiger partial charge in [0.1, 0.15) is 24.9 Å². The zero-order valence-corrected chi connectivity index (χ0v) is 17.7. The number of hydrogen-bond acceptors (Lipinski definition) is 7. The minimum atomic E-state index is -1.14. The average molecular weight is 437 g/mol. The molecule has 2 aromatic rings. The lowest BCUT2D eigenvalue weighted by atomic mass is 10.0. The number of aliphatic hydroxyl groups excluding tert-OH is 4. The van der Waals surface area contributed by atoms with Gasteiger partial charge in [-0.25, -0.2) is 0 Å². The molecule has 0 amide bonds. The van der Waals surface area contributed by atoms with Gasteiger partial charge in [-0.3, -0.25) is 4.79 Å². The lowest BCUT2D eigenvalue weighted by molar-refractivity contribution is 0.103. The van der Waals surface area contributed by atoms with Crippen LogP contribution >= 0.6 is 0 Å². The van der Waals surface area contributed by atoms with Crippen molar-refractivity contribution in [1.82, 2.24) is 0 Å². The molecule has 0 saturated carbocycles. The van der Waals surface area contributed by atoms with Gasteiger partial charge in [0.2, 0.25) is 0 Å². The molecule has 0 aliphatic rings. The van der Waals surface area contributed by atoms with E-state index in [1.54, 1.807) is 48.5 Å². The minimum absolute atomic E-state index is 0.247. The fourth-order valence-corrected chi connectivity index (χ4v) is 3.11. The highest BCUT2D eigenvalue weighted by Crippen LogP contribution is 2.24. The number of ketones is 1. The molecular weight excluding hydrogens is 408 g/mol. The standard InChI is InChI=1S/C25H28N2O5/c1-5-21(28)26(22(29)6-2)19-13-9-17(10-14-19)25(32)18-11-15-20(16-12-18)27(23(30)7-3)24(31)8-4/h5-16,21-24,28-31H,1-4H2. The second kappa shape index (κ2) is 11.2. The average Bonchev–Trinajstić information content (AvgIpc) is 2.84. The smallest absolute Gasteiger partial charge is 0.193 e. The number of anilines is 2. The van der Waals surface area contributed by atoms with Crippen LogP contribution in [0.1, 0.15) is 15.9 Å². The van der Waals surface area contributed by atoms with Crippen LogP contribution in [0.15, 0.2) is 99.2 Å². The summed E-state index contributed by atoms with van der Waals surface area (Å²) in [6.45, 7) is 14.1. The molecule has 4 atom stereocenters. The molecule has 0 aliphatic heterocycles. The van der Waals surface area contributed by atoms with Crippen molar-refractivity contribution in [3.05, 3.63) is 110 Å². The highest BCUT2D eigenvalue weighted by atomic mass is 16.3. The van der Waals surface area contributed by atoms with Gasteiger partial charge < -0.3 is 30.2 Å². The van der Waals surface area contributed by atoms with E-state index in [0.29, 0.717) is 22.5 Å². The Morgan fingerprint density at radius 2 is 0.844 bits per heavy atom. The van der Waals surface area contributed by atoms with E-state index < -0.39 is 24.9 Å². The quantitative estimate of drug-likeness (QED) is 0.230. The van der Waals surface area contributed by atoms with Gasteiger partial charge >= 0.3 is 0 Å². The van der Waals surface area contributed by atoms with Gasteiger partial charge in [0.15, 0.2) is 5.78 Å². The third-order valence-corrected chi connectivity index (χ3v) is 4.84. The lowest BCUT2D eigenvalue weighted by Crippen LogP contribution is -2.41. The highest BCUT2D eigenvalue weighted by Gasteiger charge is 2.21. The summed E-state index contributed by atoms with van der Waals surface area (Å²) >= 11 is 0. The fraction of sp³-hybridized carbons (Fsp3) is 0.160. The molecular formula is C25H28N2O5. The van der Waals surface area contributed by atoms with Crippen LogP contribution in [0, 0.1) is 0 Å². The Balaban J connectivity index is 2.28. The Labute approximate surface area is 187 Å². The van der Waals surface area contributed by atoms with E-state index in [1.165, 1.54) is 34.1 Å². The molecule has 4 unspecified atom stereocenters. The van der Waals surface area contributed by atoms with E-state index in [4.69, 9.17) is 0 Å². The largest absolute Gasteiger partial charge is 0.370 e. The molecule has 32 heavy (non-hydrogen) atoms. The molecule has 168 valence electrons. The molecule has 0 fully saturated rings. The van der Waals surface area contributed by atoms with E-state index >= 15 is 0 Å². The first-order chi connectivity index (χ1) is 15.3. The molecule has 7 nitrogen and oxygen atoms in total. The van der Waals surface area contributed by atoms with Gasteiger partial charge in [0.05, 0.1) is 0 Å². The molecule has 0 bridgehead atoms. The van der Waals surface area contributed by atoms with Crippen LogP contribution in [-0.2, 0) is 0 Å². The summed E-state index contributed by atoms with van der Waals surface area (Å²) in [4.78, 5) is 15.4. The van der Waals surface area contributed by atoms with E-state index in [0.717, 1.165) is 0 Å². The van der Waals surface area contributed by atoms with Crippen molar-refractivity contribution < 1.29 is 25.2 Å². The summed E-state index contributed by atoms with van der Waals surface area (Å²) in [6, 6.07) is 12.7. The van der Waals surface area contributed by atoms with Gasteiger partial charge in [0.25, 0.3) is 0 Å². The molecule has 0 radical (unpaired) electrons. The monoisotopic (exact) mass is 436 g/mol. The van der Waals surface area contributed by atoms with E-state index in [2.05, 4.69) is 26.3 Å². The molecule has 0 heterocycles. The maximum absolute atomic E-state index is 12.9. The first-order valence-corrected chi connectivity index (χ1v) is 9.83. The van der Waals surface area contributed by atoms with Crippen LogP contribution in [-0.4, -0.2) is 51.1 Å². The van der Waals surface area contributed by atoms with Gasteiger partial charge in [-0.2, -0.15) is 0 Å². The van der Waals surface area contributed by atoms with Crippen LogP contribution in [0.2, 0.25) is 0 Å². The normalized spacial score (nSPS) is 14.4. The Kier molecular flexibility index (Phi) is 8.69. The summed E-state index contributed by atoms with van der Waals surface area (Å²) in [5, 5.41) is 40.4. The molecule has 2 rings (SSSR count). The van der Waals surface area contributed by atoms with E-state index in [9.17, 15) is 25.2 Å². The molecule has 7 heteroatoms. The van der Waals surface area contributed by atoms with E-state index in [1.807, 2.05) is 0 Å². The Hall–Kier alpha value is -3.49. The number of carbonyl (C=O) groups excluding carboxylic acids is 1. The fourth-order valence-electron chi connectivity index (χ4n) is 3.11. The Bertz CT molecular complexity index is 850. The second-order valence-corrected chi connectivity index (χ2v) is 6.83. The molecule has 2 aromatic carbocycles. The van der Waals surface area contributed by atoms with Crippen molar-refractivity contribution in [2.75, 3.05) is 9.80 Å². The summed E-state index contributed by atoms with van der Waals surface area (Å²) in [5.41, 5.74) is 1.75. The van der Waals surface area contributed by atoms with Crippen molar-refractivity contribution in [3.63, 3.8) is 0 Å². The van der Waals surface area contributed by atoms with Crippen molar-refractivity contribution in [2.45, 2.75) is 24.9 Å². The summed E-state index contributed by atoms with van der Waals surface area (Å²) in [5.74, 6) is -0.247. The molecule has 4 N–H and O–H groups in total. The van der Waals surface area contributed by atoms with Crippen LogP contribution in [0.5, 0.6) is 0 Å². The zero-order valence-electron chi connectivity index (χ0n) is 17.7. The van der Waals surface area contributed by atoms with Crippen LogP contribution in [0.3, 0.4) is 0 Å². The van der Waals surface area contributed by atoms with Gasteiger partial charge in [-0.05, 0) is 72.8 Å². The zero-order chi connectivity index (χ0) is 23.8. The molecule has 0 aliphatic carbocycles. The topological polar surface area (TPSA) is 104 Å². The van der Waals surface area contributed by atoms with Crippen molar-refractivity contribution in [2.24, 2.45) is 0 Å². The number of nitrogens with zero attached hydrogens (tertiary/aromatic N) is 2. The maximum atomic E-state index is 12.9. The summed E-state index contributed by atoms with van der Waals surface area (Å²) in [6.07, 6.45) is 0.501. The van der Waals surface area contributed by atoms with Crippen molar-refractivity contribution in [3.8, 4) is 0 Å². The minimum Gasteiger partial charge on any atom is -0.370 e. The third kappa shape index (κ3) is 5.40. The molecule has 0 aromatic heterocycles. The number of hydrogen-bond donors (Lipinski definition) is 4. The predicted molar refractivity (Wildman–Crippen MR) is 126 cm³/mol. The molecule has 0 saturated heterocycles. The lowest BCUT2D eigenvalue weighted by Gasteiger charge is -2.31. The van der Waals surface area contributed by atoms with Crippen molar-refractivity contribution >= 4 is 17.2 Å². The third-order valence-electron chi connectivity index (χ3n) is 4.84. The maximum Gasteiger partial charge on any atom is 0.193 e. The number of rotatable bonds is 12. The molecule has 0 spiro atoms. The number of aliphatic hydroxyl groups is 4. The van der Waals surface area contributed by atoms with Crippen molar-refractivity contribution in [1.29, 1.82) is 0 Å². The predicted octanol–water partition coefficient (Wildman–Crippen LogP) is 2.55. The van der Waals surface area contributed by atoms with Gasteiger partial charge in [-0.15, -0.1) is 0 Å². The van der Waals surface area contributed by atoms with Gasteiger partial charge in [0, 0.05) is 22.5 Å². The van der Waals surface area contributed by atoms with Crippen LogP contribution in [0.4, 0.5) is 11.4 Å². The highest BCUT2D eigenvalue weighted by molar-refractivity contribution is 6.09. The summed E-state index contributed by atoms with van der Waals surface area (Å²) < 4.78 is 0. The Morgan fingerprint density at radius 3 is 1.06 bits per heavy atom. The number of benzene rings is 2. The van der Waals surface area contributed by atoms with Crippen LogP contribution in [0.25, 0.3) is 0 Å². The van der Waals surface area contributed by atoms with Crippen LogP contribution < -0.4 is 9.80 Å².